The van der Waals surface area contributed by atoms with Crippen LogP contribution in [0.3, 0.4) is 0 Å². The summed E-state index contributed by atoms with van der Waals surface area (Å²) in [5, 5.41) is 13.7. The minimum Gasteiger partial charge on any atom is -0.399 e. The van der Waals surface area contributed by atoms with Gasteiger partial charge < -0.3 is 16.2 Å². The van der Waals surface area contributed by atoms with Crippen LogP contribution in [0.2, 0.25) is 0 Å². The van der Waals surface area contributed by atoms with Crippen molar-refractivity contribution in [3.8, 4) is 0 Å². The second kappa shape index (κ2) is 5.35. The zero-order valence-electron chi connectivity index (χ0n) is 10.8. The average molecular weight is 277 g/mol. The van der Waals surface area contributed by atoms with Crippen LogP contribution in [-0.2, 0) is 0 Å². The van der Waals surface area contributed by atoms with Crippen molar-refractivity contribution in [2.45, 2.75) is 19.3 Å². The normalized spacial score (nSPS) is 23.0. The van der Waals surface area contributed by atoms with Crippen LogP contribution in [0.1, 0.15) is 19.3 Å². The molecule has 2 unspecified atom stereocenters. The quantitative estimate of drug-likeness (QED) is 0.751. The predicted molar refractivity (Wildman–Crippen MR) is 80.4 cm³/mol. The van der Waals surface area contributed by atoms with Gasteiger partial charge in [-0.1, -0.05) is 17.8 Å². The van der Waals surface area contributed by atoms with Gasteiger partial charge in [0.2, 0.25) is 0 Å². The van der Waals surface area contributed by atoms with Crippen LogP contribution < -0.4 is 11.1 Å². The monoisotopic (exact) mass is 277 g/mol. The van der Waals surface area contributed by atoms with Crippen LogP contribution in [0.25, 0.3) is 10.2 Å². The molecule has 0 bridgehead atoms. The number of nitrogen functional groups attached to an aromatic ring is 1. The Morgan fingerprint density at radius 1 is 1.37 bits per heavy atom. The minimum absolute atomic E-state index is 0.308. The highest BCUT2D eigenvalue weighted by Gasteiger charge is 2.26. The van der Waals surface area contributed by atoms with E-state index in [1.165, 1.54) is 12.8 Å². The van der Waals surface area contributed by atoms with Crippen LogP contribution in [0.5, 0.6) is 0 Å². The van der Waals surface area contributed by atoms with Crippen molar-refractivity contribution < 1.29 is 5.11 Å². The van der Waals surface area contributed by atoms with Crippen LogP contribution in [0.15, 0.2) is 18.2 Å². The number of fused-ring (bicyclic) bond motifs is 1. The molecule has 1 aliphatic carbocycles. The third kappa shape index (κ3) is 2.67. The Bertz CT molecular complexity index is 569. The van der Waals surface area contributed by atoms with Gasteiger partial charge in [0.1, 0.15) is 0 Å². The molecule has 1 saturated carbocycles. The highest BCUT2D eigenvalue weighted by atomic mass is 32.1. The van der Waals surface area contributed by atoms with E-state index in [1.54, 1.807) is 11.3 Å². The van der Waals surface area contributed by atoms with Crippen molar-refractivity contribution >= 4 is 32.4 Å². The van der Waals surface area contributed by atoms with Crippen molar-refractivity contribution in [3.63, 3.8) is 0 Å². The number of aliphatic hydroxyl groups excluding tert-OH is 1. The molecule has 5 heteroatoms. The molecule has 0 saturated heterocycles. The number of aliphatic hydroxyl groups is 1. The van der Waals surface area contributed by atoms with Gasteiger partial charge in [0.25, 0.3) is 0 Å². The lowest BCUT2D eigenvalue weighted by atomic mass is 9.97. The van der Waals surface area contributed by atoms with Crippen LogP contribution >= 0.6 is 11.3 Å². The molecule has 1 fully saturated rings. The molecule has 4 N–H and O–H groups in total. The van der Waals surface area contributed by atoms with Crippen LogP contribution in [0, 0.1) is 11.8 Å². The number of nitrogens with one attached hydrogen (secondary N) is 1. The summed E-state index contributed by atoms with van der Waals surface area (Å²) in [5.74, 6) is 1.03. The molecule has 2 aromatic rings. The van der Waals surface area contributed by atoms with Crippen molar-refractivity contribution in [2.24, 2.45) is 11.8 Å². The number of nitrogens with two attached hydrogens (primary N) is 1. The highest BCUT2D eigenvalue weighted by Crippen LogP contribution is 2.33. The Hall–Kier alpha value is -1.33. The molecule has 1 heterocycles. The maximum Gasteiger partial charge on any atom is 0.183 e. The van der Waals surface area contributed by atoms with Crippen LogP contribution in [-0.4, -0.2) is 23.2 Å². The van der Waals surface area contributed by atoms with E-state index in [2.05, 4.69) is 10.3 Å². The van der Waals surface area contributed by atoms with E-state index in [4.69, 9.17) is 5.73 Å². The molecule has 1 aliphatic rings. The summed E-state index contributed by atoms with van der Waals surface area (Å²) in [6, 6.07) is 5.80. The summed E-state index contributed by atoms with van der Waals surface area (Å²) in [6.07, 6.45) is 3.59. The number of thiazole rings is 1. The fourth-order valence-corrected chi connectivity index (χ4v) is 3.78. The summed E-state index contributed by atoms with van der Waals surface area (Å²) < 4.78 is 1.12. The highest BCUT2D eigenvalue weighted by molar-refractivity contribution is 7.22. The van der Waals surface area contributed by atoms with Gasteiger partial charge in [-0.3, -0.25) is 0 Å². The first kappa shape index (κ1) is 12.7. The standard InChI is InChI=1S/C14H19N3OS/c15-11-4-5-12-13(6-11)19-14(17-12)16-7-9-2-1-3-10(9)8-18/h4-6,9-10,18H,1-3,7-8,15H2,(H,16,17). The van der Waals surface area contributed by atoms with Crippen molar-refractivity contribution in [1.82, 2.24) is 4.98 Å². The topological polar surface area (TPSA) is 71.2 Å². The maximum absolute atomic E-state index is 9.32. The molecule has 3 rings (SSSR count). The first-order valence-corrected chi connectivity index (χ1v) is 7.58. The lowest BCUT2D eigenvalue weighted by Gasteiger charge is -2.17. The number of rotatable bonds is 4. The summed E-state index contributed by atoms with van der Waals surface area (Å²) in [4.78, 5) is 4.56. The average Bonchev–Trinajstić information content (AvgIpc) is 3.01. The molecule has 4 nitrogen and oxygen atoms in total. The first-order chi connectivity index (χ1) is 9.26. The molecule has 102 valence electrons. The molecular weight excluding hydrogens is 258 g/mol. The largest absolute Gasteiger partial charge is 0.399 e. The Labute approximate surface area is 116 Å². The van der Waals surface area contributed by atoms with Crippen molar-refractivity contribution in [2.75, 3.05) is 24.2 Å². The third-order valence-electron chi connectivity index (χ3n) is 3.98. The summed E-state index contributed by atoms with van der Waals surface area (Å²) in [7, 11) is 0. The van der Waals surface area contributed by atoms with E-state index in [0.29, 0.717) is 18.4 Å². The maximum atomic E-state index is 9.32. The minimum atomic E-state index is 0.308. The van der Waals surface area contributed by atoms with Gasteiger partial charge >= 0.3 is 0 Å². The molecule has 0 radical (unpaired) electrons. The van der Waals surface area contributed by atoms with E-state index in [0.717, 1.165) is 34.0 Å². The summed E-state index contributed by atoms with van der Waals surface area (Å²) in [6.45, 7) is 1.21. The Kier molecular flexibility index (Phi) is 3.57. The number of nitrogens with zero attached hydrogens (tertiary/aromatic N) is 1. The molecule has 0 spiro atoms. The lowest BCUT2D eigenvalue weighted by Crippen LogP contribution is -2.20. The lowest BCUT2D eigenvalue weighted by molar-refractivity contribution is 0.199. The summed E-state index contributed by atoms with van der Waals surface area (Å²) >= 11 is 1.64. The zero-order valence-corrected chi connectivity index (χ0v) is 11.6. The van der Waals surface area contributed by atoms with Crippen molar-refractivity contribution in [1.29, 1.82) is 0 Å². The molecule has 0 aliphatic heterocycles. The summed E-state index contributed by atoms with van der Waals surface area (Å²) in [5.41, 5.74) is 7.54. The molecular formula is C14H19N3OS. The third-order valence-corrected chi connectivity index (χ3v) is 4.95. The molecule has 19 heavy (non-hydrogen) atoms. The number of hydrogen-bond donors (Lipinski definition) is 3. The Balaban J connectivity index is 1.68. The van der Waals surface area contributed by atoms with Gasteiger partial charge in [-0.25, -0.2) is 4.98 Å². The molecule has 1 aromatic carbocycles. The van der Waals surface area contributed by atoms with E-state index in [1.807, 2.05) is 18.2 Å². The second-order valence-corrected chi connectivity index (χ2v) is 6.29. The van der Waals surface area contributed by atoms with Gasteiger partial charge in [0.15, 0.2) is 5.13 Å². The van der Waals surface area contributed by atoms with E-state index in [9.17, 15) is 5.11 Å². The number of anilines is 2. The SMILES string of the molecule is Nc1ccc2nc(NCC3CCCC3CO)sc2c1. The van der Waals surface area contributed by atoms with Gasteiger partial charge in [-0.05, 0) is 42.9 Å². The smallest absolute Gasteiger partial charge is 0.183 e. The Morgan fingerprint density at radius 3 is 3.05 bits per heavy atom. The van der Waals surface area contributed by atoms with E-state index < -0.39 is 0 Å². The molecule has 0 amide bonds. The van der Waals surface area contributed by atoms with Gasteiger partial charge in [-0.15, -0.1) is 0 Å². The zero-order chi connectivity index (χ0) is 13.2. The van der Waals surface area contributed by atoms with Crippen molar-refractivity contribution in [3.05, 3.63) is 18.2 Å². The molecule has 2 atom stereocenters. The number of aromatic nitrogens is 1. The fraction of sp³-hybridized carbons (Fsp3) is 0.500. The number of hydrogen-bond acceptors (Lipinski definition) is 5. The van der Waals surface area contributed by atoms with E-state index in [-0.39, 0.29) is 0 Å². The Morgan fingerprint density at radius 2 is 2.21 bits per heavy atom. The fourth-order valence-electron chi connectivity index (χ4n) is 2.86. The van der Waals surface area contributed by atoms with Gasteiger partial charge in [0, 0.05) is 18.8 Å². The molecule has 1 aromatic heterocycles. The van der Waals surface area contributed by atoms with Gasteiger partial charge in [-0.2, -0.15) is 0 Å². The van der Waals surface area contributed by atoms with Crippen LogP contribution in [0.4, 0.5) is 10.8 Å². The van der Waals surface area contributed by atoms with E-state index >= 15 is 0 Å². The predicted octanol–water partition coefficient (Wildman–Crippen LogP) is 2.70. The number of benzene rings is 1. The first-order valence-electron chi connectivity index (χ1n) is 6.77. The van der Waals surface area contributed by atoms with Gasteiger partial charge in [0.05, 0.1) is 10.2 Å². The second-order valence-electron chi connectivity index (χ2n) is 5.26.